The topological polar surface area (TPSA) is 38.9 Å². The average molecular weight is 223 g/mol. The number of hydrogen-bond acceptors (Lipinski definition) is 2. The lowest BCUT2D eigenvalue weighted by Crippen LogP contribution is -1.92. The summed E-state index contributed by atoms with van der Waals surface area (Å²) in [7, 11) is 0. The number of benzene rings is 1. The zero-order valence-corrected chi connectivity index (χ0v) is 8.50. The van der Waals surface area contributed by atoms with Crippen molar-refractivity contribution in [2.75, 3.05) is 5.73 Å². The minimum atomic E-state index is -0.466. The van der Waals surface area contributed by atoms with Crippen molar-refractivity contribution in [2.24, 2.45) is 0 Å². The van der Waals surface area contributed by atoms with Crippen LogP contribution in [-0.4, -0.2) is 4.98 Å². The van der Waals surface area contributed by atoms with Gasteiger partial charge in [-0.15, -0.1) is 0 Å². The van der Waals surface area contributed by atoms with Crippen LogP contribution in [0.5, 0.6) is 0 Å². The quantitative estimate of drug-likeness (QED) is 0.753. The lowest BCUT2D eigenvalue weighted by atomic mass is 10.1. The van der Waals surface area contributed by atoms with Gasteiger partial charge in [-0.25, -0.2) is 4.39 Å². The largest absolute Gasteiger partial charge is 0.396 e. The molecule has 76 valence electrons. The predicted octanol–water partition coefficient (Wildman–Crippen LogP) is 3.12. The van der Waals surface area contributed by atoms with Crippen molar-refractivity contribution in [1.82, 2.24) is 4.98 Å². The third-order valence-electron chi connectivity index (χ3n) is 2.08. The first kappa shape index (κ1) is 9.93. The van der Waals surface area contributed by atoms with E-state index in [9.17, 15) is 4.39 Å². The van der Waals surface area contributed by atoms with Gasteiger partial charge < -0.3 is 5.73 Å². The fourth-order valence-electron chi connectivity index (χ4n) is 1.31. The first-order chi connectivity index (χ1) is 7.18. The van der Waals surface area contributed by atoms with E-state index in [1.54, 1.807) is 24.5 Å². The molecule has 4 heteroatoms. The second-order valence-corrected chi connectivity index (χ2v) is 3.50. The molecule has 0 bridgehead atoms. The highest BCUT2D eigenvalue weighted by molar-refractivity contribution is 6.33. The summed E-state index contributed by atoms with van der Waals surface area (Å²) in [6, 6.07) is 6.26. The molecule has 0 unspecified atom stereocenters. The molecule has 2 nitrogen and oxygen atoms in total. The Morgan fingerprint density at radius 1 is 1.20 bits per heavy atom. The van der Waals surface area contributed by atoms with Crippen LogP contribution < -0.4 is 5.73 Å². The molecule has 2 rings (SSSR count). The summed E-state index contributed by atoms with van der Waals surface area (Å²) in [4.78, 5) is 3.88. The van der Waals surface area contributed by atoms with E-state index in [4.69, 9.17) is 17.3 Å². The van der Waals surface area contributed by atoms with Gasteiger partial charge in [-0.2, -0.15) is 0 Å². The molecule has 0 saturated heterocycles. The van der Waals surface area contributed by atoms with Gasteiger partial charge in [0.2, 0.25) is 0 Å². The number of rotatable bonds is 1. The van der Waals surface area contributed by atoms with Crippen LogP contribution in [0.2, 0.25) is 5.02 Å². The molecule has 0 radical (unpaired) electrons. The maximum Gasteiger partial charge on any atom is 0.146 e. The van der Waals surface area contributed by atoms with Gasteiger partial charge in [-0.1, -0.05) is 11.6 Å². The van der Waals surface area contributed by atoms with E-state index in [2.05, 4.69) is 4.98 Å². The molecule has 0 aliphatic carbocycles. The van der Waals surface area contributed by atoms with Crippen LogP contribution in [0.3, 0.4) is 0 Å². The normalized spacial score (nSPS) is 10.3. The van der Waals surface area contributed by atoms with E-state index in [1.165, 1.54) is 12.1 Å². The second kappa shape index (κ2) is 3.87. The third-order valence-corrected chi connectivity index (χ3v) is 2.39. The zero-order valence-electron chi connectivity index (χ0n) is 7.74. The van der Waals surface area contributed by atoms with E-state index in [0.717, 1.165) is 5.56 Å². The number of nitrogen functional groups attached to an aromatic ring is 1. The van der Waals surface area contributed by atoms with Gasteiger partial charge in [0, 0.05) is 18.0 Å². The van der Waals surface area contributed by atoms with Crippen LogP contribution in [-0.2, 0) is 0 Å². The summed E-state index contributed by atoms with van der Waals surface area (Å²) in [5.41, 5.74) is 6.88. The Kier molecular flexibility index (Phi) is 2.56. The zero-order chi connectivity index (χ0) is 10.8. The Morgan fingerprint density at radius 3 is 2.53 bits per heavy atom. The Bertz CT molecular complexity index is 485. The van der Waals surface area contributed by atoms with Gasteiger partial charge in [0.25, 0.3) is 0 Å². The molecular weight excluding hydrogens is 215 g/mol. The molecule has 15 heavy (non-hydrogen) atoms. The molecule has 0 atom stereocenters. The molecule has 0 aliphatic heterocycles. The molecule has 1 heterocycles. The van der Waals surface area contributed by atoms with Crippen molar-refractivity contribution in [3.63, 3.8) is 0 Å². The van der Waals surface area contributed by atoms with Gasteiger partial charge in [-0.3, -0.25) is 4.98 Å². The summed E-state index contributed by atoms with van der Waals surface area (Å²) in [5, 5.41) is 0.431. The monoisotopic (exact) mass is 222 g/mol. The van der Waals surface area contributed by atoms with Gasteiger partial charge in [0.1, 0.15) is 5.82 Å². The van der Waals surface area contributed by atoms with Crippen LogP contribution in [0.25, 0.3) is 11.1 Å². The van der Waals surface area contributed by atoms with Gasteiger partial charge >= 0.3 is 0 Å². The number of pyridine rings is 1. The van der Waals surface area contributed by atoms with Crippen LogP contribution >= 0.6 is 11.6 Å². The van der Waals surface area contributed by atoms with Gasteiger partial charge in [0.15, 0.2) is 0 Å². The lowest BCUT2D eigenvalue weighted by Gasteiger charge is -2.05. The Hall–Kier alpha value is -1.61. The SMILES string of the molecule is Nc1cc(Cl)c(-c2ccncc2)cc1F. The molecule has 0 aliphatic rings. The fraction of sp³-hybridized carbons (Fsp3) is 0. The molecule has 0 amide bonds. The molecule has 1 aromatic heterocycles. The van der Waals surface area contributed by atoms with E-state index < -0.39 is 5.82 Å². The maximum absolute atomic E-state index is 13.2. The summed E-state index contributed by atoms with van der Waals surface area (Å²) in [6.07, 6.45) is 3.25. The number of aromatic nitrogens is 1. The van der Waals surface area contributed by atoms with Crippen molar-refractivity contribution < 1.29 is 4.39 Å². The predicted molar refractivity (Wildman–Crippen MR) is 59.1 cm³/mol. The number of halogens is 2. The number of anilines is 1. The molecule has 0 spiro atoms. The van der Waals surface area contributed by atoms with Crippen molar-refractivity contribution in [3.8, 4) is 11.1 Å². The van der Waals surface area contributed by atoms with Crippen molar-refractivity contribution in [1.29, 1.82) is 0 Å². The van der Waals surface area contributed by atoms with Gasteiger partial charge in [-0.05, 0) is 29.8 Å². The van der Waals surface area contributed by atoms with Crippen LogP contribution in [0.15, 0.2) is 36.7 Å². The second-order valence-electron chi connectivity index (χ2n) is 3.09. The molecule has 1 aromatic carbocycles. The fourth-order valence-corrected chi connectivity index (χ4v) is 1.60. The minimum Gasteiger partial charge on any atom is -0.396 e. The van der Waals surface area contributed by atoms with E-state index in [1.807, 2.05) is 0 Å². The van der Waals surface area contributed by atoms with Crippen LogP contribution in [0.1, 0.15) is 0 Å². The minimum absolute atomic E-state index is 0.0535. The Labute approximate surface area is 91.5 Å². The van der Waals surface area contributed by atoms with Crippen LogP contribution in [0, 0.1) is 5.82 Å². The summed E-state index contributed by atoms with van der Waals surface area (Å²) in [5.74, 6) is -0.466. The Balaban J connectivity index is 2.59. The highest BCUT2D eigenvalue weighted by Crippen LogP contribution is 2.30. The summed E-state index contributed by atoms with van der Waals surface area (Å²) < 4.78 is 13.2. The molecule has 0 fully saturated rings. The van der Waals surface area contributed by atoms with Gasteiger partial charge in [0.05, 0.1) is 10.7 Å². The van der Waals surface area contributed by atoms with E-state index in [-0.39, 0.29) is 5.69 Å². The van der Waals surface area contributed by atoms with E-state index in [0.29, 0.717) is 10.6 Å². The lowest BCUT2D eigenvalue weighted by molar-refractivity contribution is 0.633. The number of nitrogens with zero attached hydrogens (tertiary/aromatic N) is 1. The number of hydrogen-bond donors (Lipinski definition) is 1. The first-order valence-electron chi connectivity index (χ1n) is 4.33. The van der Waals surface area contributed by atoms with Crippen LogP contribution in [0.4, 0.5) is 10.1 Å². The first-order valence-corrected chi connectivity index (χ1v) is 4.71. The standard InChI is InChI=1S/C11H8ClFN2/c12-9-6-11(14)10(13)5-8(9)7-1-3-15-4-2-7/h1-6H,14H2. The third kappa shape index (κ3) is 1.92. The molecule has 2 N–H and O–H groups in total. The van der Waals surface area contributed by atoms with E-state index >= 15 is 0 Å². The van der Waals surface area contributed by atoms with Crippen molar-refractivity contribution >= 4 is 17.3 Å². The van der Waals surface area contributed by atoms with Crippen molar-refractivity contribution in [2.45, 2.75) is 0 Å². The molecule has 0 saturated carbocycles. The average Bonchev–Trinajstić information content (AvgIpc) is 2.25. The number of nitrogens with two attached hydrogens (primary N) is 1. The maximum atomic E-state index is 13.2. The molecule has 2 aromatic rings. The summed E-state index contributed by atoms with van der Waals surface area (Å²) >= 11 is 5.97. The highest BCUT2D eigenvalue weighted by Gasteiger charge is 2.07. The highest BCUT2D eigenvalue weighted by atomic mass is 35.5. The smallest absolute Gasteiger partial charge is 0.146 e. The Morgan fingerprint density at radius 2 is 1.87 bits per heavy atom. The summed E-state index contributed by atoms with van der Waals surface area (Å²) in [6.45, 7) is 0. The van der Waals surface area contributed by atoms with Crippen molar-refractivity contribution in [3.05, 3.63) is 47.5 Å². The molecular formula is C11H8ClFN2.